The van der Waals surface area contributed by atoms with Crippen molar-refractivity contribution in [2.75, 3.05) is 25.2 Å². The van der Waals surface area contributed by atoms with Crippen LogP contribution in [0.15, 0.2) is 54.7 Å². The fourth-order valence-corrected chi connectivity index (χ4v) is 3.16. The van der Waals surface area contributed by atoms with E-state index in [2.05, 4.69) is 15.6 Å². The van der Waals surface area contributed by atoms with E-state index in [1.165, 1.54) is 0 Å². The molecule has 8 nitrogen and oxygen atoms in total. The van der Waals surface area contributed by atoms with Gasteiger partial charge in [-0.05, 0) is 12.1 Å². The second-order valence-electron chi connectivity index (χ2n) is 6.51. The molecule has 0 atom stereocenters. The highest BCUT2D eigenvalue weighted by Gasteiger charge is 2.33. The van der Waals surface area contributed by atoms with Gasteiger partial charge in [0.2, 0.25) is 6.79 Å². The van der Waals surface area contributed by atoms with Crippen molar-refractivity contribution in [1.29, 1.82) is 0 Å². The molecule has 1 saturated heterocycles. The van der Waals surface area contributed by atoms with Gasteiger partial charge in [-0.25, -0.2) is 9.48 Å². The average molecular weight is 363 g/mol. The van der Waals surface area contributed by atoms with Crippen LogP contribution in [0, 0.1) is 0 Å². The summed E-state index contributed by atoms with van der Waals surface area (Å²) < 4.78 is 12.4. The van der Waals surface area contributed by atoms with Crippen LogP contribution < -0.4 is 14.8 Å². The first kappa shape index (κ1) is 15.7. The van der Waals surface area contributed by atoms with Crippen LogP contribution in [0.3, 0.4) is 0 Å². The summed E-state index contributed by atoms with van der Waals surface area (Å²) in [5, 5.41) is 11.3. The molecule has 8 heteroatoms. The summed E-state index contributed by atoms with van der Waals surface area (Å²) in [5.41, 5.74) is 2.54. The van der Waals surface area contributed by atoms with Crippen molar-refractivity contribution in [3.05, 3.63) is 54.7 Å². The molecule has 0 unspecified atom stereocenters. The Balaban J connectivity index is 1.19. The number of anilines is 1. The van der Waals surface area contributed by atoms with Gasteiger partial charge in [-0.15, -0.1) is 5.10 Å². The lowest BCUT2D eigenvalue weighted by atomic mass is 10.1. The van der Waals surface area contributed by atoms with Crippen molar-refractivity contribution in [3.63, 3.8) is 0 Å². The zero-order valence-electron chi connectivity index (χ0n) is 14.4. The van der Waals surface area contributed by atoms with Crippen LogP contribution in [-0.4, -0.2) is 45.8 Å². The first-order valence-electron chi connectivity index (χ1n) is 8.69. The van der Waals surface area contributed by atoms with Gasteiger partial charge in [0.25, 0.3) is 0 Å². The van der Waals surface area contributed by atoms with Crippen molar-refractivity contribution < 1.29 is 14.3 Å². The minimum Gasteiger partial charge on any atom is -0.454 e. The van der Waals surface area contributed by atoms with Crippen LogP contribution in [0.5, 0.6) is 11.5 Å². The number of hydrogen-bond donors (Lipinski definition) is 1. The van der Waals surface area contributed by atoms with E-state index in [-0.39, 0.29) is 18.9 Å². The largest absolute Gasteiger partial charge is 0.454 e. The molecular weight excluding hydrogens is 346 g/mol. The number of carbonyl (C=O) groups is 1. The zero-order chi connectivity index (χ0) is 18.2. The maximum absolute atomic E-state index is 12.4. The Bertz CT molecular complexity index is 982. The molecule has 136 valence electrons. The monoisotopic (exact) mass is 363 g/mol. The summed E-state index contributed by atoms with van der Waals surface area (Å²) in [4.78, 5) is 14.1. The number of nitrogens with one attached hydrogen (secondary N) is 1. The highest BCUT2D eigenvalue weighted by atomic mass is 16.7. The van der Waals surface area contributed by atoms with E-state index >= 15 is 0 Å². The Kier molecular flexibility index (Phi) is 3.67. The molecule has 1 N–H and O–H groups in total. The molecule has 0 bridgehead atoms. The van der Waals surface area contributed by atoms with Gasteiger partial charge in [0.1, 0.15) is 5.69 Å². The summed E-state index contributed by atoms with van der Waals surface area (Å²) in [6, 6.07) is 15.3. The molecule has 2 aliphatic heterocycles. The van der Waals surface area contributed by atoms with Crippen LogP contribution in [0.25, 0.3) is 11.3 Å². The van der Waals surface area contributed by atoms with E-state index < -0.39 is 0 Å². The number of rotatable bonds is 3. The SMILES string of the molecule is O=C(Nc1ccc2c(c1)OCO2)N1CC(n2cc(-c3ccccc3)nn2)C1. The number of hydrogen-bond acceptors (Lipinski definition) is 5. The van der Waals surface area contributed by atoms with Gasteiger partial charge in [-0.1, -0.05) is 35.5 Å². The Labute approximate surface area is 155 Å². The number of nitrogens with zero attached hydrogens (tertiary/aromatic N) is 4. The van der Waals surface area contributed by atoms with Crippen molar-refractivity contribution in [2.45, 2.75) is 6.04 Å². The highest BCUT2D eigenvalue weighted by Crippen LogP contribution is 2.34. The smallest absolute Gasteiger partial charge is 0.321 e. The minimum absolute atomic E-state index is 0.137. The Morgan fingerprint density at radius 3 is 2.74 bits per heavy atom. The molecule has 1 aromatic heterocycles. The number of likely N-dealkylation sites (tertiary alicyclic amines) is 1. The van der Waals surface area contributed by atoms with Gasteiger partial charge >= 0.3 is 6.03 Å². The number of urea groups is 1. The van der Waals surface area contributed by atoms with Gasteiger partial charge in [0.05, 0.1) is 12.2 Å². The van der Waals surface area contributed by atoms with E-state index in [0.29, 0.717) is 30.3 Å². The first-order chi connectivity index (χ1) is 13.3. The molecule has 3 heterocycles. The summed E-state index contributed by atoms with van der Waals surface area (Å²) in [5.74, 6) is 1.34. The summed E-state index contributed by atoms with van der Waals surface area (Å²) in [6.07, 6.45) is 1.92. The Hall–Kier alpha value is -3.55. The first-order valence-corrected chi connectivity index (χ1v) is 8.69. The molecule has 0 aliphatic carbocycles. The number of aromatic nitrogens is 3. The van der Waals surface area contributed by atoms with Crippen molar-refractivity contribution in [1.82, 2.24) is 19.9 Å². The van der Waals surface area contributed by atoms with Gasteiger partial charge < -0.3 is 19.7 Å². The van der Waals surface area contributed by atoms with E-state index in [1.807, 2.05) is 41.2 Å². The molecule has 3 aromatic rings. The number of amides is 2. The third kappa shape index (κ3) is 2.95. The summed E-state index contributed by atoms with van der Waals surface area (Å²) in [7, 11) is 0. The highest BCUT2D eigenvalue weighted by molar-refractivity contribution is 5.90. The topological polar surface area (TPSA) is 81.5 Å². The molecule has 5 rings (SSSR count). The third-order valence-electron chi connectivity index (χ3n) is 4.73. The number of benzene rings is 2. The molecule has 0 spiro atoms. The standard InChI is InChI=1S/C19H17N5O3/c25-19(20-14-6-7-17-18(8-14)27-12-26-17)23-9-15(10-23)24-11-16(21-22-24)13-4-2-1-3-5-13/h1-8,11,15H,9-10,12H2,(H,20,25). The zero-order valence-corrected chi connectivity index (χ0v) is 14.4. The predicted octanol–water partition coefficient (Wildman–Crippen LogP) is 2.76. The van der Waals surface area contributed by atoms with Crippen LogP contribution in [0.2, 0.25) is 0 Å². The van der Waals surface area contributed by atoms with Crippen LogP contribution in [0.4, 0.5) is 10.5 Å². The third-order valence-corrected chi connectivity index (χ3v) is 4.73. The normalized spacial score (nSPS) is 15.5. The molecule has 2 aliphatic rings. The molecule has 27 heavy (non-hydrogen) atoms. The van der Waals surface area contributed by atoms with Crippen molar-refractivity contribution in [3.8, 4) is 22.8 Å². The predicted molar refractivity (Wildman–Crippen MR) is 97.7 cm³/mol. The molecule has 2 aromatic carbocycles. The molecule has 1 fully saturated rings. The number of fused-ring (bicyclic) bond motifs is 1. The van der Waals surface area contributed by atoms with Crippen molar-refractivity contribution in [2.24, 2.45) is 0 Å². The van der Waals surface area contributed by atoms with Gasteiger partial charge in [-0.3, -0.25) is 0 Å². The number of ether oxygens (including phenoxy) is 2. The van der Waals surface area contributed by atoms with Gasteiger partial charge in [-0.2, -0.15) is 0 Å². The molecule has 0 saturated carbocycles. The maximum atomic E-state index is 12.4. The second kappa shape index (κ2) is 6.31. The fourth-order valence-electron chi connectivity index (χ4n) is 3.16. The fraction of sp³-hybridized carbons (Fsp3) is 0.211. The lowest BCUT2D eigenvalue weighted by Crippen LogP contribution is -2.52. The summed E-state index contributed by atoms with van der Waals surface area (Å²) >= 11 is 0. The average Bonchev–Trinajstić information content (AvgIpc) is 3.30. The Morgan fingerprint density at radius 1 is 1.07 bits per heavy atom. The van der Waals surface area contributed by atoms with E-state index in [1.54, 1.807) is 23.1 Å². The Morgan fingerprint density at radius 2 is 1.89 bits per heavy atom. The molecular formula is C19H17N5O3. The lowest BCUT2D eigenvalue weighted by molar-refractivity contribution is 0.127. The van der Waals surface area contributed by atoms with Crippen LogP contribution >= 0.6 is 0 Å². The van der Waals surface area contributed by atoms with Crippen molar-refractivity contribution >= 4 is 11.7 Å². The quantitative estimate of drug-likeness (QED) is 0.774. The van der Waals surface area contributed by atoms with E-state index in [9.17, 15) is 4.79 Å². The second-order valence-corrected chi connectivity index (χ2v) is 6.51. The van der Waals surface area contributed by atoms with Crippen LogP contribution in [0.1, 0.15) is 6.04 Å². The number of carbonyl (C=O) groups excluding carboxylic acids is 1. The molecule has 2 amide bonds. The lowest BCUT2D eigenvalue weighted by Gasteiger charge is -2.38. The van der Waals surface area contributed by atoms with Crippen LogP contribution in [-0.2, 0) is 0 Å². The van der Waals surface area contributed by atoms with E-state index in [4.69, 9.17) is 9.47 Å². The van der Waals surface area contributed by atoms with Gasteiger partial charge in [0.15, 0.2) is 11.5 Å². The summed E-state index contributed by atoms with van der Waals surface area (Å²) in [6.45, 7) is 1.39. The molecule has 0 radical (unpaired) electrons. The van der Waals surface area contributed by atoms with E-state index in [0.717, 1.165) is 11.3 Å². The maximum Gasteiger partial charge on any atom is 0.321 e. The minimum atomic E-state index is -0.145. The van der Waals surface area contributed by atoms with Gasteiger partial charge in [0, 0.05) is 30.4 Å².